The van der Waals surface area contributed by atoms with Crippen LogP contribution in [0.4, 0.5) is 0 Å². The minimum Gasteiger partial charge on any atom is -0.352 e. The molecule has 1 N–H and O–H groups in total. The topological polar surface area (TPSA) is 52.7 Å². The molecule has 2 amide bonds. The van der Waals surface area contributed by atoms with Crippen LogP contribution in [0.15, 0.2) is 15.9 Å². The third-order valence-electron chi connectivity index (χ3n) is 3.47. The fourth-order valence-corrected chi connectivity index (χ4v) is 3.63. The van der Waals surface area contributed by atoms with Gasteiger partial charge in [0, 0.05) is 17.5 Å². The highest BCUT2D eigenvalue weighted by Gasteiger charge is 2.24. The van der Waals surface area contributed by atoms with E-state index in [2.05, 4.69) is 21.2 Å². The first kappa shape index (κ1) is 17.4. The van der Waals surface area contributed by atoms with Gasteiger partial charge in [-0.2, -0.15) is 0 Å². The van der Waals surface area contributed by atoms with Crippen LogP contribution < -0.4 is 5.32 Å². The van der Waals surface area contributed by atoms with Gasteiger partial charge in [-0.05, 0) is 54.9 Å². The van der Waals surface area contributed by atoms with Gasteiger partial charge in [0.1, 0.15) is 0 Å². The van der Waals surface area contributed by atoms with Crippen molar-refractivity contribution in [3.05, 3.63) is 20.8 Å². The molecule has 1 saturated carbocycles. The fourth-order valence-electron chi connectivity index (χ4n) is 2.13. The number of halogens is 1. The molecule has 1 aliphatic carbocycles. The lowest BCUT2D eigenvalue weighted by atomic mass is 10.3. The average molecular weight is 388 g/mol. The van der Waals surface area contributed by atoms with Crippen LogP contribution in [0.3, 0.4) is 0 Å². The molecule has 0 spiro atoms. The number of hydrogen-bond donors (Lipinski definition) is 1. The lowest BCUT2D eigenvalue weighted by molar-refractivity contribution is -0.133. The number of carbonyl (C=O) groups excluding carboxylic acids is 2. The molecule has 1 aromatic rings. The average Bonchev–Trinajstić information content (AvgIpc) is 3.15. The Balaban J connectivity index is 1.78. The standard InChI is InChI=1S/C15H22BrN3O2S/c1-3-19(8-12-6-7-13(16)22-12)15(21)10-18(2)9-14(20)17-11-4-5-11/h6-7,11H,3-5,8-10H2,1-2H3,(H,17,20). The van der Waals surface area contributed by atoms with E-state index in [1.165, 1.54) is 0 Å². The quantitative estimate of drug-likeness (QED) is 0.742. The fraction of sp³-hybridized carbons (Fsp3) is 0.600. The molecule has 0 unspecified atom stereocenters. The maximum absolute atomic E-state index is 12.4. The zero-order valence-electron chi connectivity index (χ0n) is 13.0. The molecule has 7 heteroatoms. The molecular weight excluding hydrogens is 366 g/mol. The van der Waals surface area contributed by atoms with Gasteiger partial charge in [0.05, 0.1) is 23.4 Å². The van der Waals surface area contributed by atoms with Gasteiger partial charge in [-0.3, -0.25) is 14.5 Å². The van der Waals surface area contributed by atoms with Gasteiger partial charge < -0.3 is 10.2 Å². The van der Waals surface area contributed by atoms with E-state index < -0.39 is 0 Å². The summed E-state index contributed by atoms with van der Waals surface area (Å²) in [4.78, 5) is 28.8. The van der Waals surface area contributed by atoms with Crippen molar-refractivity contribution in [2.45, 2.75) is 32.4 Å². The number of likely N-dealkylation sites (N-methyl/N-ethyl adjacent to an activating group) is 2. The summed E-state index contributed by atoms with van der Waals surface area (Å²) in [5.41, 5.74) is 0. The van der Waals surface area contributed by atoms with Crippen LogP contribution in [-0.4, -0.2) is 54.3 Å². The summed E-state index contributed by atoms with van der Waals surface area (Å²) in [6.45, 7) is 3.79. The van der Waals surface area contributed by atoms with Crippen LogP contribution >= 0.6 is 27.3 Å². The first-order valence-corrected chi connectivity index (χ1v) is 9.08. The predicted octanol–water partition coefficient (Wildman–Crippen LogP) is 2.07. The zero-order chi connectivity index (χ0) is 16.1. The lowest BCUT2D eigenvalue weighted by Crippen LogP contribution is -2.42. The van der Waals surface area contributed by atoms with Gasteiger partial charge in [-0.25, -0.2) is 0 Å². The van der Waals surface area contributed by atoms with Crippen molar-refractivity contribution in [2.24, 2.45) is 0 Å². The molecule has 0 bridgehead atoms. The summed E-state index contributed by atoms with van der Waals surface area (Å²) in [5, 5.41) is 2.93. The van der Waals surface area contributed by atoms with E-state index in [1.54, 1.807) is 23.3 Å². The van der Waals surface area contributed by atoms with Crippen molar-refractivity contribution < 1.29 is 9.59 Å². The van der Waals surface area contributed by atoms with Gasteiger partial charge in [-0.15, -0.1) is 11.3 Å². The normalized spacial score (nSPS) is 14.2. The maximum atomic E-state index is 12.4. The Labute approximate surface area is 143 Å². The second-order valence-electron chi connectivity index (χ2n) is 5.63. The van der Waals surface area contributed by atoms with Gasteiger partial charge in [0.25, 0.3) is 0 Å². The SMILES string of the molecule is CCN(Cc1ccc(Br)s1)C(=O)CN(C)CC(=O)NC1CC1. The molecule has 0 radical (unpaired) electrons. The Kier molecular flexibility index (Phi) is 6.40. The smallest absolute Gasteiger partial charge is 0.237 e. The summed E-state index contributed by atoms with van der Waals surface area (Å²) in [7, 11) is 1.81. The van der Waals surface area contributed by atoms with Gasteiger partial charge >= 0.3 is 0 Å². The highest BCUT2D eigenvalue weighted by atomic mass is 79.9. The molecule has 1 aromatic heterocycles. The monoisotopic (exact) mass is 387 g/mol. The third kappa shape index (κ3) is 5.70. The second kappa shape index (κ2) is 8.08. The highest BCUT2D eigenvalue weighted by Crippen LogP contribution is 2.23. The van der Waals surface area contributed by atoms with Crippen LogP contribution in [0.2, 0.25) is 0 Å². The van der Waals surface area contributed by atoms with E-state index in [0.717, 1.165) is 21.5 Å². The van der Waals surface area contributed by atoms with Crippen molar-refractivity contribution in [2.75, 3.05) is 26.7 Å². The summed E-state index contributed by atoms with van der Waals surface area (Å²) >= 11 is 5.07. The number of thiophene rings is 1. The van der Waals surface area contributed by atoms with Crippen LogP contribution in [0, 0.1) is 0 Å². The van der Waals surface area contributed by atoms with E-state index in [4.69, 9.17) is 0 Å². The number of nitrogens with zero attached hydrogens (tertiary/aromatic N) is 2. The molecule has 0 atom stereocenters. The minimum absolute atomic E-state index is 0.00281. The van der Waals surface area contributed by atoms with E-state index >= 15 is 0 Å². The predicted molar refractivity (Wildman–Crippen MR) is 91.8 cm³/mol. The number of carbonyl (C=O) groups is 2. The highest BCUT2D eigenvalue weighted by molar-refractivity contribution is 9.11. The Morgan fingerprint density at radius 2 is 2.09 bits per heavy atom. The molecule has 1 aliphatic rings. The Hall–Kier alpha value is -0.920. The van der Waals surface area contributed by atoms with Crippen LogP contribution in [0.1, 0.15) is 24.6 Å². The summed E-state index contributed by atoms with van der Waals surface area (Å²) in [6, 6.07) is 4.38. The van der Waals surface area contributed by atoms with Crippen molar-refractivity contribution in [1.29, 1.82) is 0 Å². The van der Waals surface area contributed by atoms with Gasteiger partial charge in [0.15, 0.2) is 0 Å². The van der Waals surface area contributed by atoms with Crippen molar-refractivity contribution in [3.8, 4) is 0 Å². The van der Waals surface area contributed by atoms with E-state index in [9.17, 15) is 9.59 Å². The lowest BCUT2D eigenvalue weighted by Gasteiger charge is -2.23. The molecular formula is C15H22BrN3O2S. The molecule has 1 fully saturated rings. The first-order valence-electron chi connectivity index (χ1n) is 7.47. The maximum Gasteiger partial charge on any atom is 0.237 e. The van der Waals surface area contributed by atoms with Crippen molar-refractivity contribution >= 4 is 39.1 Å². The Morgan fingerprint density at radius 3 is 2.64 bits per heavy atom. The minimum atomic E-state index is 0.00281. The van der Waals surface area contributed by atoms with Crippen LogP contribution in [0.5, 0.6) is 0 Å². The van der Waals surface area contributed by atoms with Crippen molar-refractivity contribution in [3.63, 3.8) is 0 Å². The number of amides is 2. The summed E-state index contributed by atoms with van der Waals surface area (Å²) in [6.07, 6.45) is 2.16. The molecule has 2 rings (SSSR count). The Morgan fingerprint density at radius 1 is 1.36 bits per heavy atom. The van der Waals surface area contributed by atoms with Gasteiger partial charge in [0.2, 0.25) is 11.8 Å². The van der Waals surface area contributed by atoms with E-state index in [-0.39, 0.29) is 24.9 Å². The largest absolute Gasteiger partial charge is 0.352 e. The summed E-state index contributed by atoms with van der Waals surface area (Å²) in [5.74, 6) is 0.0526. The number of hydrogen-bond acceptors (Lipinski definition) is 4. The molecule has 1 heterocycles. The first-order chi connectivity index (χ1) is 10.5. The van der Waals surface area contributed by atoms with E-state index in [0.29, 0.717) is 19.1 Å². The second-order valence-corrected chi connectivity index (χ2v) is 8.18. The molecule has 0 aromatic carbocycles. The zero-order valence-corrected chi connectivity index (χ0v) is 15.4. The molecule has 122 valence electrons. The summed E-state index contributed by atoms with van der Waals surface area (Å²) < 4.78 is 1.07. The molecule has 0 aliphatic heterocycles. The Bertz CT molecular complexity index is 531. The molecule has 22 heavy (non-hydrogen) atoms. The number of nitrogens with one attached hydrogen (secondary N) is 1. The molecule has 5 nitrogen and oxygen atoms in total. The number of rotatable bonds is 8. The molecule has 0 saturated heterocycles. The van der Waals surface area contributed by atoms with Crippen molar-refractivity contribution in [1.82, 2.24) is 15.1 Å². The van der Waals surface area contributed by atoms with E-state index in [1.807, 2.05) is 24.0 Å². The van der Waals surface area contributed by atoms with Gasteiger partial charge in [-0.1, -0.05) is 0 Å². The van der Waals surface area contributed by atoms with Crippen LogP contribution in [0.25, 0.3) is 0 Å². The van der Waals surface area contributed by atoms with Crippen LogP contribution in [-0.2, 0) is 16.1 Å². The third-order valence-corrected chi connectivity index (χ3v) is 5.08.